The fourth-order valence-electron chi connectivity index (χ4n) is 1.96. The Morgan fingerprint density at radius 1 is 1.35 bits per heavy atom. The molecule has 1 heterocycles. The summed E-state index contributed by atoms with van der Waals surface area (Å²) >= 11 is 0. The normalized spacial score (nSPS) is 11.2. The van der Waals surface area contributed by atoms with E-state index in [0.29, 0.717) is 12.0 Å². The van der Waals surface area contributed by atoms with E-state index < -0.39 is 21.4 Å². The zero-order valence-corrected chi connectivity index (χ0v) is 13.2. The number of carboxylic acid groups (broad SMARTS) is 1. The van der Waals surface area contributed by atoms with E-state index in [-0.39, 0.29) is 22.1 Å². The number of aromatic nitrogens is 2. The first-order valence-electron chi connectivity index (χ1n) is 6.56. The van der Waals surface area contributed by atoms with Crippen LogP contribution in [0.5, 0.6) is 11.6 Å². The summed E-state index contributed by atoms with van der Waals surface area (Å²) in [6.07, 6.45) is 1.33. The maximum absolute atomic E-state index is 11.9. The van der Waals surface area contributed by atoms with Gasteiger partial charge in [0.15, 0.2) is 9.84 Å². The van der Waals surface area contributed by atoms with Gasteiger partial charge < -0.3 is 9.84 Å². The number of hydrogen-bond donors (Lipinski definition) is 2. The molecule has 0 aliphatic carbocycles. The van der Waals surface area contributed by atoms with Crippen molar-refractivity contribution in [2.75, 3.05) is 6.26 Å². The molecule has 1 aromatic carbocycles. The topological polar surface area (TPSA) is 126 Å². The van der Waals surface area contributed by atoms with Crippen LogP contribution in [0.15, 0.2) is 34.0 Å². The molecular weight excluding hydrogens is 324 g/mol. The van der Waals surface area contributed by atoms with Crippen molar-refractivity contribution in [1.29, 1.82) is 0 Å². The average molecular weight is 338 g/mol. The Bertz CT molecular complexity index is 897. The highest BCUT2D eigenvalue weighted by Gasteiger charge is 2.21. The van der Waals surface area contributed by atoms with Crippen LogP contribution in [-0.4, -0.2) is 35.9 Å². The summed E-state index contributed by atoms with van der Waals surface area (Å²) < 4.78 is 29.3. The average Bonchev–Trinajstić information content (AvgIpc) is 2.47. The lowest BCUT2D eigenvalue weighted by Gasteiger charge is -2.13. The number of rotatable bonds is 5. The smallest absolute Gasteiger partial charge is 0.336 e. The van der Waals surface area contributed by atoms with Crippen LogP contribution >= 0.6 is 0 Å². The van der Waals surface area contributed by atoms with Gasteiger partial charge in [-0.15, -0.1) is 5.10 Å². The lowest BCUT2D eigenvalue weighted by molar-refractivity contribution is 0.0695. The van der Waals surface area contributed by atoms with Gasteiger partial charge in [-0.3, -0.25) is 4.79 Å². The Morgan fingerprint density at radius 2 is 2.04 bits per heavy atom. The van der Waals surface area contributed by atoms with E-state index >= 15 is 0 Å². The zero-order chi connectivity index (χ0) is 17.2. The van der Waals surface area contributed by atoms with E-state index in [9.17, 15) is 23.1 Å². The minimum absolute atomic E-state index is 0.0142. The molecule has 23 heavy (non-hydrogen) atoms. The molecule has 0 spiro atoms. The van der Waals surface area contributed by atoms with Gasteiger partial charge in [0, 0.05) is 18.4 Å². The first-order valence-corrected chi connectivity index (χ1v) is 8.45. The van der Waals surface area contributed by atoms with Gasteiger partial charge >= 0.3 is 5.97 Å². The summed E-state index contributed by atoms with van der Waals surface area (Å²) in [5.41, 5.74) is -0.116. The molecule has 0 fully saturated rings. The van der Waals surface area contributed by atoms with E-state index in [2.05, 4.69) is 10.2 Å². The second kappa shape index (κ2) is 6.21. The fourth-order valence-corrected chi connectivity index (χ4v) is 2.76. The number of nitrogens with zero attached hydrogens (tertiary/aromatic N) is 1. The summed E-state index contributed by atoms with van der Waals surface area (Å²) in [7, 11) is -3.73. The predicted octanol–water partition coefficient (Wildman–Crippen LogP) is 1.23. The number of ether oxygens (including phenoxy) is 1. The Balaban J connectivity index is 2.63. The van der Waals surface area contributed by atoms with E-state index in [4.69, 9.17) is 4.74 Å². The molecule has 122 valence electrons. The van der Waals surface area contributed by atoms with Crippen molar-refractivity contribution >= 4 is 15.8 Å². The molecule has 0 bridgehead atoms. The molecule has 0 unspecified atom stereocenters. The molecule has 1 aromatic heterocycles. The van der Waals surface area contributed by atoms with Crippen LogP contribution in [0.25, 0.3) is 0 Å². The zero-order valence-electron chi connectivity index (χ0n) is 12.4. The number of sulfone groups is 1. The van der Waals surface area contributed by atoms with E-state index in [0.717, 1.165) is 12.3 Å². The maximum atomic E-state index is 11.9. The molecule has 2 rings (SSSR count). The van der Waals surface area contributed by atoms with Crippen molar-refractivity contribution in [2.45, 2.75) is 18.2 Å². The van der Waals surface area contributed by atoms with E-state index in [1.807, 2.05) is 0 Å². The van der Waals surface area contributed by atoms with Gasteiger partial charge in [-0.25, -0.2) is 18.3 Å². The number of H-pyrrole nitrogens is 1. The highest BCUT2D eigenvalue weighted by atomic mass is 32.2. The van der Waals surface area contributed by atoms with Crippen LogP contribution in [-0.2, 0) is 16.3 Å². The van der Waals surface area contributed by atoms with Crippen molar-refractivity contribution in [3.63, 3.8) is 0 Å². The molecule has 0 saturated heterocycles. The molecule has 0 aliphatic heterocycles. The first-order chi connectivity index (χ1) is 10.7. The number of hydrogen-bond acceptors (Lipinski definition) is 6. The molecule has 0 atom stereocenters. The van der Waals surface area contributed by atoms with Crippen LogP contribution in [0, 0.1) is 0 Å². The van der Waals surface area contributed by atoms with Crippen molar-refractivity contribution in [3.8, 4) is 11.6 Å². The van der Waals surface area contributed by atoms with Gasteiger partial charge in [-0.1, -0.05) is 6.92 Å². The molecule has 2 N–H and O–H groups in total. The highest BCUT2D eigenvalue weighted by molar-refractivity contribution is 7.90. The van der Waals surface area contributed by atoms with Gasteiger partial charge in [0.1, 0.15) is 10.6 Å². The summed E-state index contributed by atoms with van der Waals surface area (Å²) in [5.74, 6) is -1.28. The summed E-state index contributed by atoms with van der Waals surface area (Å²) in [6.45, 7) is 1.74. The third-order valence-electron chi connectivity index (χ3n) is 3.05. The van der Waals surface area contributed by atoms with E-state index in [1.165, 1.54) is 18.2 Å². The Labute approximate surface area is 131 Å². The Kier molecular flexibility index (Phi) is 4.50. The molecule has 0 radical (unpaired) electrons. The maximum Gasteiger partial charge on any atom is 0.336 e. The minimum Gasteiger partial charge on any atom is -0.478 e. The number of benzene rings is 1. The Hall–Kier alpha value is -2.68. The number of carboxylic acids is 1. The standard InChI is InChI=1S/C14H14N2O6S/c1-3-8-6-10(22-13-5-4-12(17)15-16-13)11(23(2,20)21)7-9(8)14(18)19/h4-7H,3H2,1-2H3,(H,15,17)(H,18,19). The summed E-state index contributed by atoms with van der Waals surface area (Å²) in [6, 6.07) is 4.88. The fraction of sp³-hybridized carbons (Fsp3) is 0.214. The van der Waals surface area contributed by atoms with Crippen LogP contribution in [0.2, 0.25) is 0 Å². The molecule has 9 heteroatoms. The second-order valence-corrected chi connectivity index (χ2v) is 6.73. The molecule has 0 aliphatic rings. The Morgan fingerprint density at radius 3 is 2.52 bits per heavy atom. The molecule has 0 saturated carbocycles. The van der Waals surface area contributed by atoms with Crippen LogP contribution in [0.4, 0.5) is 0 Å². The quantitative estimate of drug-likeness (QED) is 0.839. The summed E-state index contributed by atoms with van der Waals surface area (Å²) in [5, 5.41) is 15.0. The van der Waals surface area contributed by atoms with Crippen LogP contribution in [0.3, 0.4) is 0 Å². The van der Waals surface area contributed by atoms with Crippen molar-refractivity contribution < 1.29 is 23.1 Å². The lowest BCUT2D eigenvalue weighted by Crippen LogP contribution is -2.09. The second-order valence-electron chi connectivity index (χ2n) is 4.75. The van der Waals surface area contributed by atoms with Gasteiger partial charge in [-0.2, -0.15) is 0 Å². The van der Waals surface area contributed by atoms with Crippen LogP contribution < -0.4 is 10.3 Å². The van der Waals surface area contributed by atoms with Gasteiger partial charge in [-0.05, 0) is 24.1 Å². The third kappa shape index (κ3) is 3.75. The number of aromatic amines is 1. The molecule has 8 nitrogen and oxygen atoms in total. The molecule has 0 amide bonds. The lowest BCUT2D eigenvalue weighted by atomic mass is 10.0. The summed E-state index contributed by atoms with van der Waals surface area (Å²) in [4.78, 5) is 22.0. The predicted molar refractivity (Wildman–Crippen MR) is 80.8 cm³/mol. The SMILES string of the molecule is CCc1cc(Oc2ccc(=O)[nH]n2)c(S(C)(=O)=O)cc1C(=O)O. The number of nitrogens with one attached hydrogen (secondary N) is 1. The van der Waals surface area contributed by atoms with Gasteiger partial charge in [0.2, 0.25) is 5.88 Å². The monoisotopic (exact) mass is 338 g/mol. The van der Waals surface area contributed by atoms with Crippen molar-refractivity contribution in [1.82, 2.24) is 10.2 Å². The van der Waals surface area contributed by atoms with E-state index in [1.54, 1.807) is 6.92 Å². The third-order valence-corrected chi connectivity index (χ3v) is 4.17. The first kappa shape index (κ1) is 16.7. The molecular formula is C14H14N2O6S. The molecule has 2 aromatic rings. The highest BCUT2D eigenvalue weighted by Crippen LogP contribution is 2.31. The number of aromatic carboxylic acids is 1. The van der Waals surface area contributed by atoms with Crippen molar-refractivity contribution in [2.24, 2.45) is 0 Å². The minimum atomic E-state index is -3.73. The van der Waals surface area contributed by atoms with Gasteiger partial charge in [0.25, 0.3) is 5.56 Å². The van der Waals surface area contributed by atoms with Crippen molar-refractivity contribution in [3.05, 3.63) is 45.7 Å². The van der Waals surface area contributed by atoms with Gasteiger partial charge in [0.05, 0.1) is 5.56 Å². The van der Waals surface area contributed by atoms with Crippen LogP contribution in [0.1, 0.15) is 22.8 Å². The number of aryl methyl sites for hydroxylation is 1. The largest absolute Gasteiger partial charge is 0.478 e. The number of carbonyl (C=O) groups is 1.